The molecule has 2 aromatic heterocycles. The molecule has 6 nitrogen and oxygen atoms in total. The lowest BCUT2D eigenvalue weighted by atomic mass is 10.1. The van der Waals surface area contributed by atoms with Crippen LogP contribution >= 0.6 is 0 Å². The molecule has 4 rings (SSSR count). The number of furan rings is 1. The number of benzene rings is 2. The fourth-order valence-corrected chi connectivity index (χ4v) is 3.23. The topological polar surface area (TPSA) is 105 Å². The Hall–Kier alpha value is -4.76. The number of nitriles is 2. The standard InChI is InChI=1S/C24H14F3N5O/c25-24(26,27)17-6-4-5-15(11-17)21-10-9-19(33-21)12-16(13-28)22-20(14-29)23(30)32(31-22)18-7-2-1-3-8-18/h1-12H,30H2/b16-12-. The molecule has 9 heteroatoms. The predicted molar refractivity (Wildman–Crippen MR) is 115 cm³/mol. The number of para-hydroxylation sites is 1. The summed E-state index contributed by atoms with van der Waals surface area (Å²) in [7, 11) is 0. The van der Waals surface area contributed by atoms with Gasteiger partial charge in [-0.2, -0.15) is 28.8 Å². The van der Waals surface area contributed by atoms with Crippen molar-refractivity contribution >= 4 is 17.5 Å². The van der Waals surface area contributed by atoms with Gasteiger partial charge in [0.1, 0.15) is 40.7 Å². The van der Waals surface area contributed by atoms with E-state index in [1.807, 2.05) is 18.2 Å². The van der Waals surface area contributed by atoms with Gasteiger partial charge < -0.3 is 10.2 Å². The Balaban J connectivity index is 1.73. The average molecular weight is 445 g/mol. The van der Waals surface area contributed by atoms with Crippen molar-refractivity contribution < 1.29 is 17.6 Å². The van der Waals surface area contributed by atoms with E-state index in [4.69, 9.17) is 10.2 Å². The Morgan fingerprint density at radius 2 is 1.79 bits per heavy atom. The van der Waals surface area contributed by atoms with Gasteiger partial charge in [0.25, 0.3) is 0 Å². The molecule has 0 aliphatic carbocycles. The first kappa shape index (κ1) is 21.5. The number of rotatable bonds is 4. The lowest BCUT2D eigenvalue weighted by Gasteiger charge is -2.07. The smallest absolute Gasteiger partial charge is 0.416 e. The third-order valence-corrected chi connectivity index (χ3v) is 4.80. The monoisotopic (exact) mass is 445 g/mol. The van der Waals surface area contributed by atoms with Gasteiger partial charge in [0.05, 0.1) is 16.8 Å². The minimum Gasteiger partial charge on any atom is -0.457 e. The summed E-state index contributed by atoms with van der Waals surface area (Å²) in [4.78, 5) is 0. The summed E-state index contributed by atoms with van der Waals surface area (Å²) in [5.41, 5.74) is 6.24. The van der Waals surface area contributed by atoms with Crippen LogP contribution in [0.1, 0.15) is 22.6 Å². The number of nitrogen functional groups attached to an aromatic ring is 1. The van der Waals surface area contributed by atoms with E-state index in [-0.39, 0.29) is 39.7 Å². The molecule has 0 aliphatic heterocycles. The van der Waals surface area contributed by atoms with Crippen LogP contribution in [0.5, 0.6) is 0 Å². The number of alkyl halides is 3. The molecule has 0 unspecified atom stereocenters. The molecule has 0 spiro atoms. The van der Waals surface area contributed by atoms with Crippen molar-refractivity contribution in [2.75, 3.05) is 5.73 Å². The molecule has 2 aromatic carbocycles. The zero-order valence-corrected chi connectivity index (χ0v) is 16.8. The maximum atomic E-state index is 13.0. The second-order valence-corrected chi connectivity index (χ2v) is 6.92. The first-order chi connectivity index (χ1) is 15.8. The third-order valence-electron chi connectivity index (χ3n) is 4.80. The Morgan fingerprint density at radius 3 is 2.45 bits per heavy atom. The van der Waals surface area contributed by atoms with Crippen molar-refractivity contribution in [1.29, 1.82) is 10.5 Å². The Bertz CT molecular complexity index is 1430. The molecule has 162 valence electrons. The van der Waals surface area contributed by atoms with Crippen molar-refractivity contribution in [3.05, 3.63) is 89.3 Å². The molecule has 0 amide bonds. The van der Waals surface area contributed by atoms with Crippen LogP contribution in [0.3, 0.4) is 0 Å². The lowest BCUT2D eigenvalue weighted by molar-refractivity contribution is -0.137. The van der Waals surface area contributed by atoms with Crippen molar-refractivity contribution in [2.24, 2.45) is 0 Å². The number of allylic oxidation sites excluding steroid dienone is 1. The first-order valence-electron chi connectivity index (χ1n) is 9.55. The van der Waals surface area contributed by atoms with Crippen molar-refractivity contribution in [3.63, 3.8) is 0 Å². The van der Waals surface area contributed by atoms with Gasteiger partial charge in [0.15, 0.2) is 0 Å². The molecular weight excluding hydrogens is 431 g/mol. The number of hydrogen-bond donors (Lipinski definition) is 1. The predicted octanol–water partition coefficient (Wildman–Crippen LogP) is 5.67. The van der Waals surface area contributed by atoms with Crippen LogP contribution in [-0.2, 0) is 6.18 Å². The number of hydrogen-bond acceptors (Lipinski definition) is 5. The number of halogens is 3. The quantitative estimate of drug-likeness (QED) is 0.408. The highest BCUT2D eigenvalue weighted by molar-refractivity contribution is 5.90. The van der Waals surface area contributed by atoms with E-state index >= 15 is 0 Å². The molecule has 2 N–H and O–H groups in total. The van der Waals surface area contributed by atoms with Gasteiger partial charge in [0.2, 0.25) is 0 Å². The van der Waals surface area contributed by atoms with Gasteiger partial charge in [-0.15, -0.1) is 0 Å². The van der Waals surface area contributed by atoms with E-state index in [0.717, 1.165) is 12.1 Å². The minimum atomic E-state index is -4.48. The summed E-state index contributed by atoms with van der Waals surface area (Å²) in [6.07, 6.45) is -3.13. The van der Waals surface area contributed by atoms with E-state index in [2.05, 4.69) is 5.10 Å². The van der Waals surface area contributed by atoms with E-state index in [1.165, 1.54) is 35.0 Å². The van der Waals surface area contributed by atoms with Gasteiger partial charge in [0, 0.05) is 11.6 Å². The molecule has 2 heterocycles. The summed E-state index contributed by atoms with van der Waals surface area (Å²) in [5, 5.41) is 23.6. The van der Waals surface area contributed by atoms with E-state index in [9.17, 15) is 23.7 Å². The molecule has 4 aromatic rings. The summed E-state index contributed by atoms with van der Waals surface area (Å²) < 4.78 is 46.0. The Kier molecular flexibility index (Phi) is 5.47. The van der Waals surface area contributed by atoms with Crippen LogP contribution in [0.15, 0.2) is 71.1 Å². The van der Waals surface area contributed by atoms with Crippen molar-refractivity contribution in [3.8, 4) is 29.1 Å². The van der Waals surface area contributed by atoms with Crippen LogP contribution < -0.4 is 5.73 Å². The largest absolute Gasteiger partial charge is 0.457 e. The minimum absolute atomic E-state index is 0.0119. The highest BCUT2D eigenvalue weighted by Gasteiger charge is 2.30. The average Bonchev–Trinajstić information content (AvgIpc) is 3.41. The molecule has 33 heavy (non-hydrogen) atoms. The molecule has 0 radical (unpaired) electrons. The first-order valence-corrected chi connectivity index (χ1v) is 9.55. The van der Waals surface area contributed by atoms with Crippen LogP contribution in [0.25, 0.3) is 28.7 Å². The van der Waals surface area contributed by atoms with E-state index in [0.29, 0.717) is 5.69 Å². The number of nitrogens with two attached hydrogens (primary N) is 1. The fourth-order valence-electron chi connectivity index (χ4n) is 3.23. The van der Waals surface area contributed by atoms with Gasteiger partial charge in [-0.1, -0.05) is 30.3 Å². The van der Waals surface area contributed by atoms with E-state index in [1.54, 1.807) is 24.3 Å². The number of nitrogens with zero attached hydrogens (tertiary/aromatic N) is 4. The zero-order chi connectivity index (χ0) is 23.6. The third kappa shape index (κ3) is 4.21. The van der Waals surface area contributed by atoms with Gasteiger partial charge >= 0.3 is 6.18 Å². The second kappa shape index (κ2) is 8.40. The SMILES string of the molecule is N#C/C(=C/c1ccc(-c2cccc(C(F)(F)F)c2)o1)c1nn(-c2ccccc2)c(N)c1C#N. The molecular formula is C24H14F3N5O. The highest BCUT2D eigenvalue weighted by atomic mass is 19.4. The van der Waals surface area contributed by atoms with Crippen LogP contribution in [0.4, 0.5) is 19.0 Å². The summed E-state index contributed by atoms with van der Waals surface area (Å²) in [5.74, 6) is 0.471. The maximum Gasteiger partial charge on any atom is 0.416 e. The molecule has 0 bridgehead atoms. The molecule has 0 aliphatic rings. The molecule has 0 atom stereocenters. The van der Waals surface area contributed by atoms with Gasteiger partial charge in [-0.05, 0) is 36.4 Å². The van der Waals surface area contributed by atoms with Crippen LogP contribution in [0, 0.1) is 22.7 Å². The number of anilines is 1. The van der Waals surface area contributed by atoms with Crippen LogP contribution in [0.2, 0.25) is 0 Å². The highest BCUT2D eigenvalue weighted by Crippen LogP contribution is 2.33. The number of aromatic nitrogens is 2. The fraction of sp³-hybridized carbons (Fsp3) is 0.0417. The van der Waals surface area contributed by atoms with Gasteiger partial charge in [-0.3, -0.25) is 0 Å². The van der Waals surface area contributed by atoms with Crippen LogP contribution in [-0.4, -0.2) is 9.78 Å². The lowest BCUT2D eigenvalue weighted by Crippen LogP contribution is -2.04. The van der Waals surface area contributed by atoms with Gasteiger partial charge in [-0.25, -0.2) is 4.68 Å². The van der Waals surface area contributed by atoms with Crippen molar-refractivity contribution in [1.82, 2.24) is 9.78 Å². The second-order valence-electron chi connectivity index (χ2n) is 6.92. The normalized spacial score (nSPS) is 11.7. The zero-order valence-electron chi connectivity index (χ0n) is 16.8. The summed E-state index contributed by atoms with van der Waals surface area (Å²) in [6, 6.07) is 20.6. The Labute approximate surface area is 186 Å². The Morgan fingerprint density at radius 1 is 1.03 bits per heavy atom. The summed E-state index contributed by atoms with van der Waals surface area (Å²) in [6.45, 7) is 0. The maximum absolute atomic E-state index is 13.0. The van der Waals surface area contributed by atoms with E-state index < -0.39 is 11.7 Å². The summed E-state index contributed by atoms with van der Waals surface area (Å²) >= 11 is 0. The molecule has 0 saturated heterocycles. The molecule has 0 saturated carbocycles. The van der Waals surface area contributed by atoms with Crippen molar-refractivity contribution in [2.45, 2.75) is 6.18 Å². The molecule has 0 fully saturated rings.